The molecule has 1 aliphatic carbocycles. The van der Waals surface area contributed by atoms with Gasteiger partial charge in [-0.2, -0.15) is 0 Å². The summed E-state index contributed by atoms with van der Waals surface area (Å²) in [4.78, 5) is 12.6. The summed E-state index contributed by atoms with van der Waals surface area (Å²) in [7, 11) is 0. The van der Waals surface area contributed by atoms with Crippen LogP contribution in [0.1, 0.15) is 30.1 Å². The first-order valence-electron chi connectivity index (χ1n) is 7.19. The van der Waals surface area contributed by atoms with Gasteiger partial charge in [0.2, 0.25) is 0 Å². The number of aromatic amines is 1. The third-order valence-electron chi connectivity index (χ3n) is 4.04. The van der Waals surface area contributed by atoms with Crippen LogP contribution >= 0.6 is 12.2 Å². The highest BCUT2D eigenvalue weighted by Crippen LogP contribution is 2.39. The number of hydrogen-bond donors (Lipinski definition) is 1. The van der Waals surface area contributed by atoms with E-state index in [1.807, 2.05) is 19.2 Å². The van der Waals surface area contributed by atoms with Crippen molar-refractivity contribution in [2.24, 2.45) is 0 Å². The van der Waals surface area contributed by atoms with Crippen molar-refractivity contribution in [3.8, 4) is 11.3 Å². The lowest BCUT2D eigenvalue weighted by Gasteiger charge is -2.11. The van der Waals surface area contributed by atoms with Crippen LogP contribution in [0.5, 0.6) is 0 Å². The van der Waals surface area contributed by atoms with Crippen LogP contribution in [0.4, 0.5) is 0 Å². The van der Waals surface area contributed by atoms with E-state index in [0.717, 1.165) is 33.5 Å². The number of hydrogen-bond acceptors (Lipinski definition) is 3. The van der Waals surface area contributed by atoms with Crippen molar-refractivity contribution in [2.75, 3.05) is 0 Å². The molecule has 0 spiro atoms. The standard InChI is InChI=1S/C17H15N3S/c1-10-14(19-16(12-7-8-12)20-17(10)21)13-6-2-4-11-5-3-9-18-15(11)13/h2-6,9,12H,7-8H2,1H3,(H,19,20,21). The molecule has 3 nitrogen and oxygen atoms in total. The van der Waals surface area contributed by atoms with Crippen LogP contribution in [0, 0.1) is 11.6 Å². The Balaban J connectivity index is 2.02. The first kappa shape index (κ1) is 12.7. The van der Waals surface area contributed by atoms with Crippen LogP contribution in [0.2, 0.25) is 0 Å². The van der Waals surface area contributed by atoms with Gasteiger partial charge in [-0.1, -0.05) is 36.5 Å². The predicted molar refractivity (Wildman–Crippen MR) is 86.9 cm³/mol. The predicted octanol–water partition coefficient (Wildman–Crippen LogP) is 4.54. The van der Waals surface area contributed by atoms with Crippen molar-refractivity contribution in [3.63, 3.8) is 0 Å². The molecule has 104 valence electrons. The molecule has 4 heteroatoms. The van der Waals surface area contributed by atoms with Crippen LogP contribution in [-0.2, 0) is 0 Å². The van der Waals surface area contributed by atoms with Crippen molar-refractivity contribution in [3.05, 3.63) is 52.6 Å². The molecule has 21 heavy (non-hydrogen) atoms. The summed E-state index contributed by atoms with van der Waals surface area (Å²) in [5.74, 6) is 1.57. The molecule has 4 rings (SSSR count). The Kier molecular flexibility index (Phi) is 2.86. The van der Waals surface area contributed by atoms with Gasteiger partial charge in [0.05, 0.1) is 11.2 Å². The van der Waals surface area contributed by atoms with Gasteiger partial charge in [-0.15, -0.1) is 0 Å². The van der Waals surface area contributed by atoms with E-state index >= 15 is 0 Å². The minimum atomic E-state index is 0.550. The summed E-state index contributed by atoms with van der Waals surface area (Å²) in [6.07, 6.45) is 4.24. The van der Waals surface area contributed by atoms with Crippen molar-refractivity contribution in [1.82, 2.24) is 15.0 Å². The molecule has 1 aliphatic rings. The fourth-order valence-electron chi connectivity index (χ4n) is 2.68. The molecule has 1 aromatic carbocycles. The number of rotatable bonds is 2. The van der Waals surface area contributed by atoms with E-state index in [9.17, 15) is 0 Å². The number of pyridine rings is 1. The molecule has 2 heterocycles. The molecule has 0 bridgehead atoms. The second-order valence-corrected chi connectivity index (χ2v) is 5.97. The minimum Gasteiger partial charge on any atom is -0.343 e. The summed E-state index contributed by atoms with van der Waals surface area (Å²) in [5.41, 5.74) is 4.18. The van der Waals surface area contributed by atoms with Gasteiger partial charge < -0.3 is 4.98 Å². The Morgan fingerprint density at radius 3 is 2.81 bits per heavy atom. The molecule has 0 radical (unpaired) electrons. The van der Waals surface area contributed by atoms with E-state index in [1.54, 1.807) is 0 Å². The van der Waals surface area contributed by atoms with E-state index in [2.05, 4.69) is 39.2 Å². The smallest absolute Gasteiger partial charge is 0.133 e. The van der Waals surface area contributed by atoms with Gasteiger partial charge >= 0.3 is 0 Å². The van der Waals surface area contributed by atoms with E-state index in [-0.39, 0.29) is 0 Å². The monoisotopic (exact) mass is 293 g/mol. The average molecular weight is 293 g/mol. The molecule has 0 unspecified atom stereocenters. The minimum absolute atomic E-state index is 0.550. The van der Waals surface area contributed by atoms with Crippen LogP contribution in [0.15, 0.2) is 36.5 Å². The number of benzene rings is 1. The Bertz CT molecular complexity index is 889. The number of nitrogens with zero attached hydrogens (tertiary/aromatic N) is 2. The van der Waals surface area contributed by atoms with Gasteiger partial charge in [0.15, 0.2) is 0 Å². The molecule has 3 aromatic rings. The number of nitrogens with one attached hydrogen (secondary N) is 1. The molecule has 0 aliphatic heterocycles. The highest BCUT2D eigenvalue weighted by molar-refractivity contribution is 7.71. The van der Waals surface area contributed by atoms with E-state index in [0.29, 0.717) is 10.6 Å². The third-order valence-corrected chi connectivity index (χ3v) is 4.43. The van der Waals surface area contributed by atoms with Crippen molar-refractivity contribution >= 4 is 23.1 Å². The zero-order valence-corrected chi connectivity index (χ0v) is 12.6. The first-order chi connectivity index (χ1) is 10.2. The highest BCUT2D eigenvalue weighted by atomic mass is 32.1. The largest absolute Gasteiger partial charge is 0.343 e. The maximum absolute atomic E-state index is 5.45. The summed E-state index contributed by atoms with van der Waals surface area (Å²) >= 11 is 5.45. The van der Waals surface area contributed by atoms with Crippen molar-refractivity contribution in [1.29, 1.82) is 0 Å². The summed E-state index contributed by atoms with van der Waals surface area (Å²) in [6.45, 7) is 2.03. The van der Waals surface area contributed by atoms with Gasteiger partial charge in [0.1, 0.15) is 10.5 Å². The SMILES string of the molecule is Cc1c(-c2cccc3cccnc23)[nH]c(C2CC2)nc1=S. The Morgan fingerprint density at radius 1 is 1.19 bits per heavy atom. The van der Waals surface area contributed by atoms with E-state index in [1.165, 1.54) is 12.8 Å². The highest BCUT2D eigenvalue weighted by Gasteiger charge is 2.27. The lowest BCUT2D eigenvalue weighted by atomic mass is 10.0. The van der Waals surface area contributed by atoms with Crippen molar-refractivity contribution in [2.45, 2.75) is 25.7 Å². The van der Waals surface area contributed by atoms with Crippen LogP contribution in [-0.4, -0.2) is 15.0 Å². The molecule has 2 aromatic heterocycles. The Labute approximate surface area is 128 Å². The van der Waals surface area contributed by atoms with E-state index in [4.69, 9.17) is 12.2 Å². The summed E-state index contributed by atoms with van der Waals surface area (Å²) in [5, 5.41) is 1.14. The van der Waals surface area contributed by atoms with Gasteiger partial charge in [0, 0.05) is 28.6 Å². The zero-order chi connectivity index (χ0) is 14.4. The molecule has 0 atom stereocenters. The molecule has 1 fully saturated rings. The third kappa shape index (κ3) is 2.16. The maximum Gasteiger partial charge on any atom is 0.133 e. The van der Waals surface area contributed by atoms with Crippen molar-refractivity contribution < 1.29 is 0 Å². The van der Waals surface area contributed by atoms with Gasteiger partial charge in [0.25, 0.3) is 0 Å². The summed E-state index contributed by atoms with van der Waals surface area (Å²) < 4.78 is 0.693. The lowest BCUT2D eigenvalue weighted by molar-refractivity contribution is 0.914. The fraction of sp³-hybridized carbons (Fsp3) is 0.235. The van der Waals surface area contributed by atoms with Gasteiger partial charge in [-0.3, -0.25) is 4.98 Å². The number of H-pyrrole nitrogens is 1. The molecular formula is C17H15N3S. The van der Waals surface area contributed by atoms with Crippen LogP contribution in [0.25, 0.3) is 22.2 Å². The Hall–Kier alpha value is -2.07. The maximum atomic E-state index is 5.45. The number of para-hydroxylation sites is 1. The second kappa shape index (κ2) is 4.74. The fourth-order valence-corrected chi connectivity index (χ4v) is 2.88. The molecular weight excluding hydrogens is 278 g/mol. The van der Waals surface area contributed by atoms with Crippen LogP contribution in [0.3, 0.4) is 0 Å². The second-order valence-electron chi connectivity index (χ2n) is 5.58. The van der Waals surface area contributed by atoms with Gasteiger partial charge in [-0.25, -0.2) is 4.98 Å². The topological polar surface area (TPSA) is 41.6 Å². The van der Waals surface area contributed by atoms with Crippen LogP contribution < -0.4 is 0 Å². The molecule has 1 saturated carbocycles. The molecule has 0 amide bonds. The normalized spacial score (nSPS) is 14.5. The first-order valence-corrected chi connectivity index (χ1v) is 7.60. The zero-order valence-electron chi connectivity index (χ0n) is 11.8. The molecule has 0 saturated heterocycles. The average Bonchev–Trinajstić information content (AvgIpc) is 3.34. The summed E-state index contributed by atoms with van der Waals surface area (Å²) in [6, 6.07) is 10.3. The van der Waals surface area contributed by atoms with Gasteiger partial charge in [-0.05, 0) is 25.8 Å². The quantitative estimate of drug-likeness (QED) is 0.705. The molecule has 1 N–H and O–H groups in total. The number of aromatic nitrogens is 3. The van der Waals surface area contributed by atoms with E-state index < -0.39 is 0 Å². The lowest BCUT2D eigenvalue weighted by Crippen LogP contribution is -2.00. The Morgan fingerprint density at radius 2 is 2.00 bits per heavy atom. The number of fused-ring (bicyclic) bond motifs is 1.